The summed E-state index contributed by atoms with van der Waals surface area (Å²) in [5, 5.41) is 11.7. The maximum Gasteiger partial charge on any atom is 0.292 e. The van der Waals surface area contributed by atoms with Gasteiger partial charge in [0.25, 0.3) is 5.56 Å². The van der Waals surface area contributed by atoms with Crippen LogP contribution in [-0.2, 0) is 0 Å². The predicted octanol–water partition coefficient (Wildman–Crippen LogP) is 2.21. The van der Waals surface area contributed by atoms with Crippen LogP contribution in [0.15, 0.2) is 41.3 Å². The van der Waals surface area contributed by atoms with Crippen LogP contribution in [0, 0.1) is 11.3 Å². The Morgan fingerprint density at radius 2 is 2.05 bits per heavy atom. The summed E-state index contributed by atoms with van der Waals surface area (Å²) in [6.07, 6.45) is 1.43. The Morgan fingerprint density at radius 1 is 1.32 bits per heavy atom. The molecule has 3 rings (SSSR count). The highest BCUT2D eigenvalue weighted by molar-refractivity contribution is 6.32. The normalized spacial score (nSPS) is 10.5. The van der Waals surface area contributed by atoms with Crippen molar-refractivity contribution in [3.05, 3.63) is 57.5 Å². The van der Waals surface area contributed by atoms with Gasteiger partial charge in [-0.3, -0.25) is 9.89 Å². The minimum absolute atomic E-state index is 0.0232. The number of nitriles is 1. The Bertz CT molecular complexity index is 858. The number of nitrogens with zero attached hydrogens (tertiary/aromatic N) is 3. The predicted molar refractivity (Wildman–Crippen MR) is 71.0 cm³/mol. The number of rotatable bonds is 1. The zero-order valence-corrected chi connectivity index (χ0v) is 10.3. The maximum absolute atomic E-state index is 12.1. The molecule has 1 N–H and O–H groups in total. The molecule has 5 nitrogen and oxygen atoms in total. The number of fused-ring (bicyclic) bond motifs is 1. The van der Waals surface area contributed by atoms with Crippen molar-refractivity contribution in [2.45, 2.75) is 0 Å². The van der Waals surface area contributed by atoms with Gasteiger partial charge in [0.05, 0.1) is 5.69 Å². The van der Waals surface area contributed by atoms with Crippen LogP contribution in [0.5, 0.6) is 0 Å². The molecule has 0 saturated heterocycles. The second-order valence-electron chi connectivity index (χ2n) is 3.90. The summed E-state index contributed by atoms with van der Waals surface area (Å²) in [6.45, 7) is 0. The summed E-state index contributed by atoms with van der Waals surface area (Å²) in [7, 11) is 0. The molecule has 0 fully saturated rings. The smallest absolute Gasteiger partial charge is 0.292 e. The first-order valence-corrected chi connectivity index (χ1v) is 5.85. The molecule has 0 amide bonds. The van der Waals surface area contributed by atoms with E-state index in [1.807, 2.05) is 36.4 Å². The van der Waals surface area contributed by atoms with Gasteiger partial charge in [-0.15, -0.1) is 0 Å². The third-order valence-corrected chi connectivity index (χ3v) is 3.12. The molecule has 2 heterocycles. The molecule has 6 heteroatoms. The molecule has 0 bridgehead atoms. The van der Waals surface area contributed by atoms with Crippen LogP contribution in [0.1, 0.15) is 5.56 Å². The van der Waals surface area contributed by atoms with Crippen LogP contribution in [0.3, 0.4) is 0 Å². The molecule has 3 aromatic rings. The van der Waals surface area contributed by atoms with E-state index in [9.17, 15) is 4.79 Å². The number of aromatic nitrogens is 3. The zero-order chi connectivity index (χ0) is 13.4. The highest BCUT2D eigenvalue weighted by Gasteiger charge is 2.15. The number of hydrogen-bond donors (Lipinski definition) is 1. The van der Waals surface area contributed by atoms with Crippen molar-refractivity contribution in [1.29, 1.82) is 5.26 Å². The van der Waals surface area contributed by atoms with E-state index in [1.165, 1.54) is 6.20 Å². The Hall–Kier alpha value is -2.58. The van der Waals surface area contributed by atoms with Gasteiger partial charge < -0.3 is 0 Å². The molecule has 0 spiro atoms. The van der Waals surface area contributed by atoms with E-state index in [1.54, 1.807) is 0 Å². The Kier molecular flexibility index (Phi) is 2.58. The van der Waals surface area contributed by atoms with Gasteiger partial charge in [-0.2, -0.15) is 9.78 Å². The van der Waals surface area contributed by atoms with Crippen molar-refractivity contribution in [2.75, 3.05) is 0 Å². The Balaban J connectivity index is 2.41. The molecule has 0 atom stereocenters. The van der Waals surface area contributed by atoms with Crippen molar-refractivity contribution < 1.29 is 0 Å². The van der Waals surface area contributed by atoms with Crippen LogP contribution in [-0.4, -0.2) is 14.6 Å². The number of hydrogen-bond acceptors (Lipinski definition) is 3. The van der Waals surface area contributed by atoms with E-state index in [4.69, 9.17) is 16.9 Å². The molecule has 0 aliphatic heterocycles. The zero-order valence-electron chi connectivity index (χ0n) is 9.59. The highest BCUT2D eigenvalue weighted by Crippen LogP contribution is 2.23. The fraction of sp³-hybridized carbons (Fsp3) is 0. The largest absolute Gasteiger partial charge is 0.295 e. The van der Waals surface area contributed by atoms with Crippen LogP contribution in [0.2, 0.25) is 5.02 Å². The number of halogens is 1. The topological polar surface area (TPSA) is 73.9 Å². The summed E-state index contributed by atoms with van der Waals surface area (Å²) >= 11 is 6.06. The highest BCUT2D eigenvalue weighted by atomic mass is 35.5. The lowest BCUT2D eigenvalue weighted by Gasteiger charge is -2.03. The maximum atomic E-state index is 12.1. The van der Waals surface area contributed by atoms with Crippen molar-refractivity contribution in [3.8, 4) is 17.3 Å². The first-order chi connectivity index (χ1) is 9.22. The van der Waals surface area contributed by atoms with Crippen LogP contribution < -0.4 is 5.56 Å². The number of benzene rings is 1. The fourth-order valence-corrected chi connectivity index (χ4v) is 2.10. The number of aromatic amines is 1. The summed E-state index contributed by atoms with van der Waals surface area (Å²) in [4.78, 5) is 16.4. The average molecular weight is 271 g/mol. The van der Waals surface area contributed by atoms with Crippen molar-refractivity contribution >= 4 is 17.2 Å². The first-order valence-electron chi connectivity index (χ1n) is 5.47. The Morgan fingerprint density at radius 3 is 2.74 bits per heavy atom. The SMILES string of the molecule is N#Cc1c[nH]n2c(=O)c(Cl)c(-c3ccccc3)nc12. The van der Waals surface area contributed by atoms with Gasteiger partial charge in [0.15, 0.2) is 5.65 Å². The second-order valence-corrected chi connectivity index (χ2v) is 4.28. The van der Waals surface area contributed by atoms with Gasteiger partial charge in [0.1, 0.15) is 16.7 Å². The summed E-state index contributed by atoms with van der Waals surface area (Å²) in [5.41, 5.74) is 1.26. The molecule has 2 aromatic heterocycles. The molecule has 19 heavy (non-hydrogen) atoms. The third kappa shape index (κ3) is 1.70. The van der Waals surface area contributed by atoms with Crippen molar-refractivity contribution in [3.63, 3.8) is 0 Å². The van der Waals surface area contributed by atoms with Gasteiger partial charge in [-0.1, -0.05) is 41.9 Å². The third-order valence-electron chi connectivity index (χ3n) is 2.77. The monoisotopic (exact) mass is 270 g/mol. The standard InChI is InChI=1S/C13H7ClN4O/c14-10-11(8-4-2-1-3-5-8)17-12-9(6-15)7-16-18(12)13(10)19/h1-5,7,16H. The van der Waals surface area contributed by atoms with E-state index in [2.05, 4.69) is 10.1 Å². The molecule has 0 saturated carbocycles. The molecule has 0 radical (unpaired) electrons. The van der Waals surface area contributed by atoms with Gasteiger partial charge in [-0.25, -0.2) is 4.98 Å². The number of nitrogens with one attached hydrogen (secondary N) is 1. The molecule has 0 aliphatic rings. The quantitative estimate of drug-likeness (QED) is 0.737. The summed E-state index contributed by atoms with van der Waals surface area (Å²) in [6, 6.07) is 11.1. The lowest BCUT2D eigenvalue weighted by molar-refractivity contribution is 0.901. The average Bonchev–Trinajstić information content (AvgIpc) is 2.86. The van der Waals surface area contributed by atoms with Crippen LogP contribution in [0.25, 0.3) is 16.9 Å². The molecule has 0 aliphatic carbocycles. The van der Waals surface area contributed by atoms with Crippen molar-refractivity contribution in [1.82, 2.24) is 14.6 Å². The van der Waals surface area contributed by atoms with Gasteiger partial charge in [-0.05, 0) is 0 Å². The summed E-state index contributed by atoms with van der Waals surface area (Å²) < 4.78 is 1.16. The fourth-order valence-electron chi connectivity index (χ4n) is 1.86. The molecular formula is C13H7ClN4O. The van der Waals surface area contributed by atoms with Crippen LogP contribution >= 0.6 is 11.6 Å². The number of H-pyrrole nitrogens is 1. The summed E-state index contributed by atoms with van der Waals surface area (Å²) in [5.74, 6) is 0. The van der Waals surface area contributed by atoms with Crippen LogP contribution in [0.4, 0.5) is 0 Å². The van der Waals surface area contributed by atoms with E-state index in [0.717, 1.165) is 10.1 Å². The molecule has 92 valence electrons. The van der Waals surface area contributed by atoms with E-state index < -0.39 is 5.56 Å². The van der Waals surface area contributed by atoms with E-state index >= 15 is 0 Å². The van der Waals surface area contributed by atoms with E-state index in [0.29, 0.717) is 11.3 Å². The lowest BCUT2D eigenvalue weighted by Crippen LogP contribution is -2.16. The second kappa shape index (κ2) is 4.26. The first kappa shape index (κ1) is 11.5. The van der Waals surface area contributed by atoms with Gasteiger partial charge in [0.2, 0.25) is 0 Å². The van der Waals surface area contributed by atoms with Gasteiger partial charge >= 0.3 is 0 Å². The van der Waals surface area contributed by atoms with Gasteiger partial charge in [0, 0.05) is 11.8 Å². The Labute approximate surface area is 112 Å². The molecular weight excluding hydrogens is 264 g/mol. The minimum Gasteiger partial charge on any atom is -0.295 e. The lowest BCUT2D eigenvalue weighted by atomic mass is 10.1. The van der Waals surface area contributed by atoms with E-state index in [-0.39, 0.29) is 10.7 Å². The molecule has 0 unspecified atom stereocenters. The minimum atomic E-state index is -0.424. The molecule has 1 aromatic carbocycles. The van der Waals surface area contributed by atoms with Crippen molar-refractivity contribution in [2.24, 2.45) is 0 Å².